The van der Waals surface area contributed by atoms with Gasteiger partial charge in [-0.2, -0.15) is 0 Å². The number of aromatic amines is 1. The number of rotatable bonds is 1. The molecule has 0 radical (unpaired) electrons. The number of aromatic nitrogens is 1. The Morgan fingerprint density at radius 1 is 0.739 bits per heavy atom. The molecule has 2 aromatic rings. The molecule has 0 spiro atoms. The molecule has 1 aromatic heterocycles. The summed E-state index contributed by atoms with van der Waals surface area (Å²) in [5.41, 5.74) is 6.26. The third-order valence-electron chi connectivity index (χ3n) is 6.20. The lowest BCUT2D eigenvalue weighted by Gasteiger charge is -2.19. The van der Waals surface area contributed by atoms with Crippen LogP contribution >= 0.6 is 0 Å². The molecule has 1 heterocycles. The Morgan fingerprint density at radius 2 is 1.43 bits per heavy atom. The first-order valence-electron chi connectivity index (χ1n) is 10.1. The summed E-state index contributed by atoms with van der Waals surface area (Å²) < 4.78 is 0. The van der Waals surface area contributed by atoms with Crippen molar-refractivity contribution in [1.82, 2.24) is 4.98 Å². The zero-order chi connectivity index (χ0) is 15.5. The van der Waals surface area contributed by atoms with E-state index in [-0.39, 0.29) is 0 Å². The summed E-state index contributed by atoms with van der Waals surface area (Å²) in [5.74, 6) is 0.789. The Hall–Kier alpha value is -1.24. The van der Waals surface area contributed by atoms with Crippen molar-refractivity contribution in [3.05, 3.63) is 35.0 Å². The average Bonchev–Trinajstić information content (AvgIpc) is 3.12. The maximum Gasteiger partial charge on any atom is 0.0461 e. The molecule has 1 N–H and O–H groups in total. The summed E-state index contributed by atoms with van der Waals surface area (Å²) in [6.07, 6.45) is 18.3. The van der Waals surface area contributed by atoms with E-state index in [2.05, 4.69) is 23.2 Å². The van der Waals surface area contributed by atoms with Gasteiger partial charge in [-0.25, -0.2) is 0 Å². The topological polar surface area (TPSA) is 15.8 Å². The van der Waals surface area contributed by atoms with E-state index in [0.717, 1.165) is 5.92 Å². The van der Waals surface area contributed by atoms with Gasteiger partial charge in [-0.05, 0) is 55.2 Å². The van der Waals surface area contributed by atoms with Crippen LogP contribution in [0.3, 0.4) is 0 Å². The predicted octanol–water partition coefficient (Wildman–Crippen LogP) is 6.65. The number of benzene rings is 1. The third kappa shape index (κ3) is 3.20. The van der Waals surface area contributed by atoms with Crippen LogP contribution in [0.1, 0.15) is 93.4 Å². The van der Waals surface area contributed by atoms with Crippen molar-refractivity contribution in [1.29, 1.82) is 0 Å². The molecule has 0 saturated heterocycles. The van der Waals surface area contributed by atoms with Gasteiger partial charge in [-0.15, -0.1) is 0 Å². The minimum atomic E-state index is 0.789. The smallest absolute Gasteiger partial charge is 0.0461 e. The molecule has 0 atom stereocenters. The van der Waals surface area contributed by atoms with Crippen molar-refractivity contribution in [2.75, 3.05) is 0 Å². The average molecular weight is 309 g/mol. The van der Waals surface area contributed by atoms with E-state index in [1.807, 2.05) is 0 Å². The van der Waals surface area contributed by atoms with Crippen LogP contribution in [0.4, 0.5) is 0 Å². The van der Waals surface area contributed by atoms with Crippen molar-refractivity contribution in [3.63, 3.8) is 0 Å². The molecular weight excluding hydrogens is 278 g/mol. The van der Waals surface area contributed by atoms with Gasteiger partial charge in [-0.1, -0.05) is 63.5 Å². The molecule has 1 fully saturated rings. The second-order valence-electron chi connectivity index (χ2n) is 7.81. The standard InChI is InChI=1S/C22H31N/c1-2-4-6-8-12-17(11-7-5-3-1)18-13-9-16-21-22(18)19-14-10-15-20(19)23-21/h9,13,16-17,23H,1-8,10-12,14-15H2. The van der Waals surface area contributed by atoms with Gasteiger partial charge in [0.1, 0.15) is 0 Å². The summed E-state index contributed by atoms with van der Waals surface area (Å²) in [4.78, 5) is 3.72. The summed E-state index contributed by atoms with van der Waals surface area (Å²) in [6.45, 7) is 0. The van der Waals surface area contributed by atoms with Gasteiger partial charge in [0.25, 0.3) is 0 Å². The van der Waals surface area contributed by atoms with Crippen LogP contribution in [-0.4, -0.2) is 4.98 Å². The zero-order valence-corrected chi connectivity index (χ0v) is 14.5. The van der Waals surface area contributed by atoms with Crippen LogP contribution in [-0.2, 0) is 12.8 Å². The highest BCUT2D eigenvalue weighted by Crippen LogP contribution is 2.39. The van der Waals surface area contributed by atoms with Crippen LogP contribution in [0.25, 0.3) is 10.9 Å². The first-order chi connectivity index (χ1) is 11.4. The van der Waals surface area contributed by atoms with Crippen molar-refractivity contribution >= 4 is 10.9 Å². The van der Waals surface area contributed by atoms with Crippen molar-refractivity contribution in [2.45, 2.75) is 89.4 Å². The van der Waals surface area contributed by atoms with Gasteiger partial charge in [0.15, 0.2) is 0 Å². The highest BCUT2D eigenvalue weighted by Gasteiger charge is 2.22. The number of fused-ring (bicyclic) bond motifs is 3. The van der Waals surface area contributed by atoms with E-state index in [1.165, 1.54) is 94.7 Å². The molecule has 1 aromatic carbocycles. The molecule has 1 saturated carbocycles. The fourth-order valence-electron chi connectivity index (χ4n) is 4.97. The van der Waals surface area contributed by atoms with E-state index >= 15 is 0 Å². The molecule has 1 heteroatoms. The van der Waals surface area contributed by atoms with Crippen molar-refractivity contribution in [2.24, 2.45) is 0 Å². The largest absolute Gasteiger partial charge is 0.358 e. The highest BCUT2D eigenvalue weighted by atomic mass is 14.7. The lowest BCUT2D eigenvalue weighted by Crippen LogP contribution is -2.01. The van der Waals surface area contributed by atoms with E-state index in [1.54, 1.807) is 16.5 Å². The Bertz CT molecular complexity index is 639. The first kappa shape index (κ1) is 15.3. The second-order valence-corrected chi connectivity index (χ2v) is 7.81. The molecule has 0 aliphatic heterocycles. The van der Waals surface area contributed by atoms with Crippen LogP contribution in [0.2, 0.25) is 0 Å². The predicted molar refractivity (Wildman–Crippen MR) is 99.2 cm³/mol. The number of nitrogens with one attached hydrogen (secondary N) is 1. The summed E-state index contributed by atoms with van der Waals surface area (Å²) in [7, 11) is 0. The normalized spacial score (nSPS) is 21.2. The van der Waals surface area contributed by atoms with Crippen LogP contribution < -0.4 is 0 Å². The molecule has 23 heavy (non-hydrogen) atoms. The minimum Gasteiger partial charge on any atom is -0.358 e. The monoisotopic (exact) mass is 309 g/mol. The molecule has 1 nitrogen and oxygen atoms in total. The molecule has 0 amide bonds. The van der Waals surface area contributed by atoms with Gasteiger partial charge in [0.05, 0.1) is 0 Å². The molecule has 2 aliphatic rings. The first-order valence-corrected chi connectivity index (χ1v) is 10.1. The Balaban J connectivity index is 1.65. The van der Waals surface area contributed by atoms with Gasteiger partial charge in [0.2, 0.25) is 0 Å². The molecule has 0 bridgehead atoms. The lowest BCUT2D eigenvalue weighted by atomic mass is 9.86. The quantitative estimate of drug-likeness (QED) is 0.606. The van der Waals surface area contributed by atoms with Gasteiger partial charge < -0.3 is 4.98 Å². The second kappa shape index (κ2) is 7.11. The summed E-state index contributed by atoms with van der Waals surface area (Å²) >= 11 is 0. The molecule has 4 rings (SSSR count). The third-order valence-corrected chi connectivity index (χ3v) is 6.20. The summed E-state index contributed by atoms with van der Waals surface area (Å²) in [6, 6.07) is 7.02. The van der Waals surface area contributed by atoms with E-state index in [9.17, 15) is 0 Å². The lowest BCUT2D eigenvalue weighted by molar-refractivity contribution is 0.517. The molecule has 2 aliphatic carbocycles. The molecule has 124 valence electrons. The number of H-pyrrole nitrogens is 1. The minimum absolute atomic E-state index is 0.789. The van der Waals surface area contributed by atoms with Gasteiger partial charge >= 0.3 is 0 Å². The maximum atomic E-state index is 3.72. The van der Waals surface area contributed by atoms with Gasteiger partial charge in [0, 0.05) is 16.6 Å². The zero-order valence-electron chi connectivity index (χ0n) is 14.5. The van der Waals surface area contributed by atoms with Crippen molar-refractivity contribution in [3.8, 4) is 0 Å². The number of aryl methyl sites for hydroxylation is 2. The van der Waals surface area contributed by atoms with Crippen LogP contribution in [0.15, 0.2) is 18.2 Å². The Kier molecular flexibility index (Phi) is 4.73. The van der Waals surface area contributed by atoms with E-state index < -0.39 is 0 Å². The van der Waals surface area contributed by atoms with Crippen LogP contribution in [0.5, 0.6) is 0 Å². The van der Waals surface area contributed by atoms with Gasteiger partial charge in [-0.3, -0.25) is 0 Å². The maximum absolute atomic E-state index is 3.72. The molecular formula is C22H31N. The summed E-state index contributed by atoms with van der Waals surface area (Å²) in [5, 5.41) is 1.61. The highest BCUT2D eigenvalue weighted by molar-refractivity contribution is 5.89. The van der Waals surface area contributed by atoms with Crippen molar-refractivity contribution < 1.29 is 0 Å². The Morgan fingerprint density at radius 3 is 2.17 bits per heavy atom. The number of hydrogen-bond donors (Lipinski definition) is 1. The van der Waals surface area contributed by atoms with Crippen LogP contribution in [0, 0.1) is 0 Å². The Labute approximate surface area is 140 Å². The SMILES string of the molecule is c1cc(C2CCCCCCCCCC2)c2c3c([nH]c2c1)CCC3. The fraction of sp³-hybridized carbons (Fsp3) is 0.636. The fourth-order valence-corrected chi connectivity index (χ4v) is 4.97. The number of hydrogen-bond acceptors (Lipinski definition) is 0. The van der Waals surface area contributed by atoms with E-state index in [4.69, 9.17) is 0 Å². The van der Waals surface area contributed by atoms with E-state index in [0.29, 0.717) is 0 Å². The molecule has 0 unspecified atom stereocenters.